The molecule has 0 bridgehead atoms. The Balaban J connectivity index is 0.00000242. The zero-order valence-electron chi connectivity index (χ0n) is 11.9. The Hall–Kier alpha value is -1.72. The minimum absolute atomic E-state index is 0. The maximum atomic E-state index is 12.8. The van der Waals surface area contributed by atoms with E-state index in [4.69, 9.17) is 10.5 Å². The minimum Gasteiger partial charge on any atom is -0.497 e. The van der Waals surface area contributed by atoms with Gasteiger partial charge in [0.05, 0.1) is 13.0 Å². The SMILES string of the molecule is COc1ccc(-c2ccc(C(CN)C(F)(F)F)cc2)cc1.Cl. The summed E-state index contributed by atoms with van der Waals surface area (Å²) in [5.41, 5.74) is 7.18. The zero-order valence-corrected chi connectivity index (χ0v) is 12.7. The van der Waals surface area contributed by atoms with Gasteiger partial charge in [-0.1, -0.05) is 36.4 Å². The molecule has 22 heavy (non-hydrogen) atoms. The predicted molar refractivity (Wildman–Crippen MR) is 83.5 cm³/mol. The standard InChI is InChI=1S/C16H16F3NO.ClH/c1-21-14-8-6-12(7-9-14)11-2-4-13(5-3-11)15(10-20)16(17,18)19;/h2-9,15H,10,20H2,1H3;1H. The van der Waals surface area contributed by atoms with Crippen molar-refractivity contribution in [3.05, 3.63) is 54.1 Å². The summed E-state index contributed by atoms with van der Waals surface area (Å²) in [6.07, 6.45) is -4.32. The molecule has 0 fully saturated rings. The molecule has 0 aliphatic heterocycles. The lowest BCUT2D eigenvalue weighted by Gasteiger charge is -2.19. The van der Waals surface area contributed by atoms with Crippen molar-refractivity contribution < 1.29 is 17.9 Å². The van der Waals surface area contributed by atoms with Crippen LogP contribution in [0, 0.1) is 0 Å². The Morgan fingerprint density at radius 2 is 1.41 bits per heavy atom. The molecule has 0 saturated carbocycles. The first kappa shape index (κ1) is 18.3. The van der Waals surface area contributed by atoms with Crippen LogP contribution in [0.1, 0.15) is 11.5 Å². The third kappa shape index (κ3) is 4.15. The molecule has 2 nitrogen and oxygen atoms in total. The zero-order chi connectivity index (χ0) is 15.5. The fourth-order valence-electron chi connectivity index (χ4n) is 2.15. The number of hydrogen-bond acceptors (Lipinski definition) is 2. The van der Waals surface area contributed by atoms with E-state index in [1.165, 1.54) is 12.1 Å². The van der Waals surface area contributed by atoms with Crippen molar-refractivity contribution in [2.75, 3.05) is 13.7 Å². The smallest absolute Gasteiger partial charge is 0.396 e. The van der Waals surface area contributed by atoms with Gasteiger partial charge in [0.2, 0.25) is 0 Å². The number of methoxy groups -OCH3 is 1. The Bertz CT molecular complexity index is 582. The molecule has 6 heteroatoms. The van der Waals surface area contributed by atoms with Crippen molar-refractivity contribution >= 4 is 12.4 Å². The molecule has 0 radical (unpaired) electrons. The average Bonchev–Trinajstić information content (AvgIpc) is 2.47. The van der Waals surface area contributed by atoms with Crippen LogP contribution in [-0.4, -0.2) is 19.8 Å². The third-order valence-corrected chi connectivity index (χ3v) is 3.37. The molecule has 0 heterocycles. The summed E-state index contributed by atoms with van der Waals surface area (Å²) in [5, 5.41) is 0. The van der Waals surface area contributed by atoms with Crippen molar-refractivity contribution in [1.29, 1.82) is 0 Å². The minimum atomic E-state index is -4.32. The summed E-state index contributed by atoms with van der Waals surface area (Å²) < 4.78 is 43.5. The highest BCUT2D eigenvalue weighted by Crippen LogP contribution is 2.34. The van der Waals surface area contributed by atoms with E-state index < -0.39 is 18.6 Å². The summed E-state index contributed by atoms with van der Waals surface area (Å²) in [4.78, 5) is 0. The van der Waals surface area contributed by atoms with E-state index in [2.05, 4.69) is 0 Å². The summed E-state index contributed by atoms with van der Waals surface area (Å²) in [6.45, 7) is -0.453. The van der Waals surface area contributed by atoms with E-state index in [-0.39, 0.29) is 18.0 Å². The Morgan fingerprint density at radius 1 is 0.955 bits per heavy atom. The van der Waals surface area contributed by atoms with E-state index in [0.717, 1.165) is 16.9 Å². The average molecular weight is 332 g/mol. The number of benzene rings is 2. The molecule has 1 unspecified atom stereocenters. The molecule has 0 aliphatic carbocycles. The van der Waals surface area contributed by atoms with E-state index >= 15 is 0 Å². The molecule has 2 N–H and O–H groups in total. The monoisotopic (exact) mass is 331 g/mol. The van der Waals surface area contributed by atoms with Crippen molar-refractivity contribution in [2.45, 2.75) is 12.1 Å². The summed E-state index contributed by atoms with van der Waals surface area (Å²) in [6, 6.07) is 13.6. The van der Waals surface area contributed by atoms with Crippen LogP contribution in [0.4, 0.5) is 13.2 Å². The Kier molecular flexibility index (Phi) is 6.26. The first-order valence-electron chi connectivity index (χ1n) is 6.47. The van der Waals surface area contributed by atoms with Crippen molar-refractivity contribution in [2.24, 2.45) is 5.73 Å². The fourth-order valence-corrected chi connectivity index (χ4v) is 2.15. The fraction of sp³-hybridized carbons (Fsp3) is 0.250. The third-order valence-electron chi connectivity index (χ3n) is 3.37. The van der Waals surface area contributed by atoms with Crippen LogP contribution in [0.2, 0.25) is 0 Å². The topological polar surface area (TPSA) is 35.2 Å². The highest BCUT2D eigenvalue weighted by atomic mass is 35.5. The molecule has 0 spiro atoms. The lowest BCUT2D eigenvalue weighted by molar-refractivity contribution is -0.148. The van der Waals surface area contributed by atoms with Crippen LogP contribution >= 0.6 is 12.4 Å². The molecule has 0 aliphatic rings. The predicted octanol–water partition coefficient (Wildman–Crippen LogP) is 4.39. The van der Waals surface area contributed by atoms with Crippen LogP contribution in [-0.2, 0) is 0 Å². The lowest BCUT2D eigenvalue weighted by atomic mass is 9.96. The van der Waals surface area contributed by atoms with Crippen LogP contribution in [0.25, 0.3) is 11.1 Å². The number of halogens is 4. The molecule has 2 aromatic rings. The second kappa shape index (κ2) is 7.51. The van der Waals surface area contributed by atoms with Crippen LogP contribution in [0.3, 0.4) is 0 Å². The quantitative estimate of drug-likeness (QED) is 0.902. The van der Waals surface area contributed by atoms with E-state index in [9.17, 15) is 13.2 Å². The van der Waals surface area contributed by atoms with E-state index in [0.29, 0.717) is 0 Å². The molecule has 120 valence electrons. The molecule has 1 atom stereocenters. The highest BCUT2D eigenvalue weighted by molar-refractivity contribution is 5.85. The first-order chi connectivity index (χ1) is 9.95. The van der Waals surface area contributed by atoms with Crippen LogP contribution in [0.15, 0.2) is 48.5 Å². The summed E-state index contributed by atoms with van der Waals surface area (Å²) in [7, 11) is 1.58. The van der Waals surface area contributed by atoms with Gasteiger partial charge in [-0.3, -0.25) is 0 Å². The number of alkyl halides is 3. The summed E-state index contributed by atoms with van der Waals surface area (Å²) >= 11 is 0. The molecular formula is C16H17ClF3NO. The molecule has 0 amide bonds. The van der Waals surface area contributed by atoms with Crippen LogP contribution in [0.5, 0.6) is 5.75 Å². The van der Waals surface area contributed by atoms with E-state index in [1.54, 1.807) is 19.2 Å². The molecule has 2 rings (SSSR count). The van der Waals surface area contributed by atoms with Gasteiger partial charge in [-0.25, -0.2) is 0 Å². The molecule has 2 aromatic carbocycles. The van der Waals surface area contributed by atoms with Gasteiger partial charge in [-0.2, -0.15) is 13.2 Å². The lowest BCUT2D eigenvalue weighted by Crippen LogP contribution is -2.27. The Morgan fingerprint density at radius 3 is 1.77 bits per heavy atom. The second-order valence-corrected chi connectivity index (χ2v) is 4.68. The van der Waals surface area contributed by atoms with Gasteiger partial charge in [0, 0.05) is 6.54 Å². The number of rotatable bonds is 4. The number of nitrogens with two attached hydrogens (primary N) is 1. The van der Waals surface area contributed by atoms with E-state index in [1.807, 2.05) is 24.3 Å². The van der Waals surface area contributed by atoms with Gasteiger partial charge in [0.25, 0.3) is 0 Å². The van der Waals surface area contributed by atoms with Gasteiger partial charge in [-0.15, -0.1) is 12.4 Å². The van der Waals surface area contributed by atoms with Crippen molar-refractivity contribution in [3.8, 4) is 16.9 Å². The van der Waals surface area contributed by atoms with Crippen molar-refractivity contribution in [1.82, 2.24) is 0 Å². The number of hydrogen-bond donors (Lipinski definition) is 1. The molecule has 0 saturated heterocycles. The molecular weight excluding hydrogens is 315 g/mol. The maximum absolute atomic E-state index is 12.8. The van der Waals surface area contributed by atoms with Gasteiger partial charge in [0.15, 0.2) is 0 Å². The van der Waals surface area contributed by atoms with Gasteiger partial charge in [-0.05, 0) is 28.8 Å². The normalized spacial score (nSPS) is 12.4. The number of ether oxygens (including phenoxy) is 1. The van der Waals surface area contributed by atoms with Gasteiger partial charge < -0.3 is 10.5 Å². The van der Waals surface area contributed by atoms with Crippen LogP contribution < -0.4 is 10.5 Å². The Labute approximate surface area is 133 Å². The van der Waals surface area contributed by atoms with Gasteiger partial charge in [0.1, 0.15) is 5.75 Å². The molecule has 0 aromatic heterocycles. The first-order valence-corrected chi connectivity index (χ1v) is 6.47. The largest absolute Gasteiger partial charge is 0.497 e. The summed E-state index contributed by atoms with van der Waals surface area (Å²) in [5.74, 6) is -0.891. The highest BCUT2D eigenvalue weighted by Gasteiger charge is 2.39. The second-order valence-electron chi connectivity index (χ2n) is 4.68. The maximum Gasteiger partial charge on any atom is 0.396 e. The van der Waals surface area contributed by atoms with Gasteiger partial charge >= 0.3 is 6.18 Å². The van der Waals surface area contributed by atoms with Crippen molar-refractivity contribution in [3.63, 3.8) is 0 Å².